The maximum absolute atomic E-state index is 9.81. The van der Waals surface area contributed by atoms with Gasteiger partial charge in [-0.2, -0.15) is 0 Å². The topological polar surface area (TPSA) is 29.5 Å². The van der Waals surface area contributed by atoms with Crippen molar-refractivity contribution in [2.45, 2.75) is 77.6 Å². The molecule has 0 heterocycles. The van der Waals surface area contributed by atoms with E-state index in [1.54, 1.807) is 0 Å². The molecule has 1 saturated carbocycles. The fraction of sp³-hybridized carbons (Fsp3) is 0.778. The van der Waals surface area contributed by atoms with Crippen molar-refractivity contribution < 1.29 is 9.53 Å². The zero-order chi connectivity index (χ0) is 15.9. The average Bonchev–Trinajstić information content (AvgIpc) is 2.66. The highest BCUT2D eigenvalue weighted by molar-refractivity contribution is 6.74. The third kappa shape index (κ3) is 3.35. The van der Waals surface area contributed by atoms with Gasteiger partial charge in [-0.05, 0) is 43.8 Å². The summed E-state index contributed by atoms with van der Waals surface area (Å²) in [6, 6.07) is 0. The molecule has 2 aliphatic rings. The van der Waals surface area contributed by atoms with E-state index in [4.69, 9.17) is 4.43 Å². The number of hydrogen-bond donors (Lipinski definition) is 1. The Hall–Kier alpha value is -0.383. The molecule has 0 saturated heterocycles. The van der Waals surface area contributed by atoms with Gasteiger partial charge in [-0.1, -0.05) is 51.0 Å². The predicted molar refractivity (Wildman–Crippen MR) is 91.9 cm³/mol. The maximum Gasteiger partial charge on any atom is 0.192 e. The second-order valence-corrected chi connectivity index (χ2v) is 13.2. The lowest BCUT2D eigenvalue weighted by Gasteiger charge is -2.36. The van der Waals surface area contributed by atoms with Crippen molar-refractivity contribution >= 4 is 8.32 Å². The van der Waals surface area contributed by atoms with Gasteiger partial charge in [0, 0.05) is 5.41 Å². The van der Waals surface area contributed by atoms with Crippen molar-refractivity contribution in [1.82, 2.24) is 0 Å². The van der Waals surface area contributed by atoms with Gasteiger partial charge in [0.1, 0.15) is 0 Å². The molecule has 120 valence electrons. The van der Waals surface area contributed by atoms with E-state index in [1.165, 1.54) is 11.1 Å². The zero-order valence-electron chi connectivity index (χ0n) is 14.6. The maximum atomic E-state index is 9.81. The third-order valence-corrected chi connectivity index (χ3v) is 10.5. The van der Waals surface area contributed by atoms with Crippen LogP contribution < -0.4 is 0 Å². The Bertz CT molecular complexity index is 456. The van der Waals surface area contributed by atoms with E-state index in [1.807, 2.05) is 0 Å². The molecule has 21 heavy (non-hydrogen) atoms. The van der Waals surface area contributed by atoms with Crippen molar-refractivity contribution in [3.63, 3.8) is 0 Å². The summed E-state index contributed by atoms with van der Waals surface area (Å²) in [4.78, 5) is 0. The summed E-state index contributed by atoms with van der Waals surface area (Å²) >= 11 is 0. The van der Waals surface area contributed by atoms with Crippen molar-refractivity contribution in [2.24, 2.45) is 5.41 Å². The van der Waals surface area contributed by atoms with Gasteiger partial charge in [0.05, 0.1) is 12.7 Å². The molecule has 2 atom stereocenters. The van der Waals surface area contributed by atoms with Crippen LogP contribution in [0.3, 0.4) is 0 Å². The van der Waals surface area contributed by atoms with E-state index >= 15 is 0 Å². The second kappa shape index (κ2) is 5.67. The van der Waals surface area contributed by atoms with E-state index in [9.17, 15) is 5.11 Å². The first-order chi connectivity index (χ1) is 9.56. The highest BCUT2D eigenvalue weighted by Gasteiger charge is 2.41. The van der Waals surface area contributed by atoms with Crippen LogP contribution in [0.2, 0.25) is 18.1 Å². The molecular formula is C18H32O2Si. The van der Waals surface area contributed by atoms with Crippen LogP contribution in [0.1, 0.15) is 53.4 Å². The molecule has 1 fully saturated rings. The zero-order valence-corrected chi connectivity index (χ0v) is 15.6. The molecule has 0 aliphatic heterocycles. The molecule has 0 aromatic rings. The molecular weight excluding hydrogens is 276 g/mol. The Labute approximate surface area is 131 Å². The van der Waals surface area contributed by atoms with E-state index < -0.39 is 8.32 Å². The molecule has 0 amide bonds. The predicted octanol–water partition coefficient (Wildman–Crippen LogP) is 4.82. The molecule has 2 rings (SSSR count). The minimum atomic E-state index is -1.65. The van der Waals surface area contributed by atoms with Crippen molar-refractivity contribution in [1.29, 1.82) is 0 Å². The fourth-order valence-electron chi connectivity index (χ4n) is 3.26. The SMILES string of the molecule is CC(C)(C)[Si](C)(C)OC/C=C1\CCC2=C[C@H](O)CC[C@]21C. The smallest absolute Gasteiger partial charge is 0.192 e. The lowest BCUT2D eigenvalue weighted by molar-refractivity contribution is 0.181. The molecule has 0 aromatic carbocycles. The molecule has 0 bridgehead atoms. The van der Waals surface area contributed by atoms with Gasteiger partial charge >= 0.3 is 0 Å². The van der Waals surface area contributed by atoms with Gasteiger partial charge in [0.25, 0.3) is 0 Å². The van der Waals surface area contributed by atoms with Crippen LogP contribution in [0.4, 0.5) is 0 Å². The van der Waals surface area contributed by atoms with Crippen LogP contribution >= 0.6 is 0 Å². The number of fused-ring (bicyclic) bond motifs is 1. The summed E-state index contributed by atoms with van der Waals surface area (Å²) in [5, 5.41) is 10.1. The van der Waals surface area contributed by atoms with Crippen LogP contribution in [-0.4, -0.2) is 26.1 Å². The molecule has 0 unspecified atom stereocenters. The number of rotatable bonds is 3. The van der Waals surface area contributed by atoms with Crippen LogP contribution in [0.25, 0.3) is 0 Å². The first-order valence-corrected chi connectivity index (χ1v) is 11.2. The molecule has 2 nitrogen and oxygen atoms in total. The van der Waals surface area contributed by atoms with Crippen LogP contribution in [0.15, 0.2) is 23.3 Å². The molecule has 0 spiro atoms. The Kier molecular flexibility index (Phi) is 4.59. The number of aliphatic hydroxyl groups is 1. The van der Waals surface area contributed by atoms with Gasteiger partial charge in [-0.3, -0.25) is 0 Å². The summed E-state index contributed by atoms with van der Waals surface area (Å²) < 4.78 is 6.30. The minimum Gasteiger partial charge on any atom is -0.413 e. The minimum absolute atomic E-state index is 0.190. The van der Waals surface area contributed by atoms with Gasteiger partial charge in [0.15, 0.2) is 8.32 Å². The Balaban J connectivity index is 2.05. The van der Waals surface area contributed by atoms with Crippen molar-refractivity contribution in [3.8, 4) is 0 Å². The molecule has 3 heteroatoms. The van der Waals surface area contributed by atoms with Gasteiger partial charge in [-0.25, -0.2) is 0 Å². The number of aliphatic hydroxyl groups excluding tert-OH is 1. The summed E-state index contributed by atoms with van der Waals surface area (Å²) in [6.45, 7) is 14.6. The van der Waals surface area contributed by atoms with Gasteiger partial charge < -0.3 is 9.53 Å². The lowest BCUT2D eigenvalue weighted by Crippen LogP contribution is -2.40. The summed E-state index contributed by atoms with van der Waals surface area (Å²) in [6.07, 6.45) is 8.41. The lowest BCUT2D eigenvalue weighted by atomic mass is 9.73. The molecule has 1 N–H and O–H groups in total. The van der Waals surface area contributed by atoms with E-state index in [0.29, 0.717) is 0 Å². The highest BCUT2D eigenvalue weighted by Crippen LogP contribution is 2.52. The number of hydrogen-bond acceptors (Lipinski definition) is 2. The highest BCUT2D eigenvalue weighted by atomic mass is 28.4. The fourth-order valence-corrected chi connectivity index (χ4v) is 4.20. The Morgan fingerprint density at radius 3 is 2.67 bits per heavy atom. The van der Waals surface area contributed by atoms with Gasteiger partial charge in [0.2, 0.25) is 0 Å². The first kappa shape index (κ1) is 17.0. The van der Waals surface area contributed by atoms with Crippen LogP contribution in [0, 0.1) is 5.41 Å². The van der Waals surface area contributed by atoms with Crippen molar-refractivity contribution in [3.05, 3.63) is 23.3 Å². The second-order valence-electron chi connectivity index (χ2n) is 8.43. The van der Waals surface area contributed by atoms with E-state index in [0.717, 1.165) is 32.3 Å². The standard InChI is InChI=1S/C18H32O2Si/c1-17(2,3)21(5,6)20-12-10-14-7-8-15-13-16(19)9-11-18(14,15)4/h10,13,16,19H,7-9,11-12H2,1-6H3/b14-10+/t16-,18+/m1/s1. The summed E-state index contributed by atoms with van der Waals surface area (Å²) in [7, 11) is -1.65. The van der Waals surface area contributed by atoms with Crippen molar-refractivity contribution in [2.75, 3.05) is 6.61 Å². The molecule has 0 radical (unpaired) electrons. The summed E-state index contributed by atoms with van der Waals surface area (Å²) in [5.41, 5.74) is 3.16. The van der Waals surface area contributed by atoms with E-state index in [2.05, 4.69) is 52.9 Å². The number of allylic oxidation sites excluding steroid dienone is 2. The van der Waals surface area contributed by atoms with E-state index in [-0.39, 0.29) is 16.6 Å². The average molecular weight is 309 g/mol. The molecule has 2 aliphatic carbocycles. The Morgan fingerprint density at radius 2 is 2.05 bits per heavy atom. The van der Waals surface area contributed by atoms with Gasteiger partial charge in [-0.15, -0.1) is 0 Å². The molecule has 0 aromatic heterocycles. The summed E-state index contributed by atoms with van der Waals surface area (Å²) in [5.74, 6) is 0. The quantitative estimate of drug-likeness (QED) is 0.598. The largest absolute Gasteiger partial charge is 0.413 e. The first-order valence-electron chi connectivity index (χ1n) is 8.29. The third-order valence-electron chi connectivity index (χ3n) is 5.99. The van der Waals surface area contributed by atoms with Crippen LogP contribution in [0.5, 0.6) is 0 Å². The Morgan fingerprint density at radius 1 is 1.38 bits per heavy atom. The van der Waals surface area contributed by atoms with Crippen LogP contribution in [-0.2, 0) is 4.43 Å². The normalized spacial score (nSPS) is 32.2. The monoisotopic (exact) mass is 308 g/mol.